The lowest BCUT2D eigenvalue weighted by Gasteiger charge is -2.11. The van der Waals surface area contributed by atoms with Crippen LogP contribution in [-0.2, 0) is 6.42 Å². The molecule has 1 aliphatic heterocycles. The van der Waals surface area contributed by atoms with Crippen molar-refractivity contribution < 1.29 is 4.74 Å². The average Bonchev–Trinajstić information content (AvgIpc) is 2.66. The number of hydrogen-bond donors (Lipinski definition) is 1. The van der Waals surface area contributed by atoms with Crippen LogP contribution in [0.25, 0.3) is 0 Å². The Morgan fingerprint density at radius 2 is 2.43 bits per heavy atom. The normalized spacial score (nSPS) is 15.1. The predicted octanol–water partition coefficient (Wildman–Crippen LogP) is 1.95. The number of anilines is 1. The Hall–Kier alpha value is -1.69. The summed E-state index contributed by atoms with van der Waals surface area (Å²) in [5.41, 5.74) is 2.21. The molecule has 0 spiro atoms. The van der Waals surface area contributed by atoms with E-state index in [1.54, 1.807) is 0 Å². The topological polar surface area (TPSA) is 45.0 Å². The summed E-state index contributed by atoms with van der Waals surface area (Å²) in [5.74, 6) is 0.945. The fraction of sp³-hybridized carbons (Fsp3) is 0.364. The first-order valence-corrected chi connectivity index (χ1v) is 4.72. The molecule has 3 nitrogen and oxygen atoms in total. The second kappa shape index (κ2) is 3.59. The van der Waals surface area contributed by atoms with Gasteiger partial charge in [-0.05, 0) is 19.1 Å². The van der Waals surface area contributed by atoms with Crippen LogP contribution in [0.5, 0.6) is 5.75 Å². The van der Waals surface area contributed by atoms with Crippen LogP contribution in [-0.4, -0.2) is 12.6 Å². The zero-order chi connectivity index (χ0) is 9.97. The minimum atomic E-state index is -0.165. The van der Waals surface area contributed by atoms with Gasteiger partial charge in [0, 0.05) is 17.7 Å². The first kappa shape index (κ1) is 8.89. The fourth-order valence-electron chi connectivity index (χ4n) is 1.62. The average molecular weight is 188 g/mol. The number of nitrogens with zero attached hydrogens (tertiary/aromatic N) is 1. The van der Waals surface area contributed by atoms with Crippen molar-refractivity contribution in [2.24, 2.45) is 0 Å². The Morgan fingerprint density at radius 3 is 3.21 bits per heavy atom. The zero-order valence-electron chi connectivity index (χ0n) is 8.08. The van der Waals surface area contributed by atoms with Gasteiger partial charge in [-0.1, -0.05) is 6.07 Å². The van der Waals surface area contributed by atoms with Gasteiger partial charge in [0.1, 0.15) is 11.8 Å². The smallest absolute Gasteiger partial charge is 0.124 e. The van der Waals surface area contributed by atoms with Crippen molar-refractivity contribution in [3.63, 3.8) is 0 Å². The lowest BCUT2D eigenvalue weighted by molar-refractivity contribution is 0.357. The van der Waals surface area contributed by atoms with Crippen molar-refractivity contribution in [1.82, 2.24) is 0 Å². The number of nitriles is 1. The third-order valence-corrected chi connectivity index (χ3v) is 2.31. The third-order valence-electron chi connectivity index (χ3n) is 2.31. The second-order valence-corrected chi connectivity index (χ2v) is 3.38. The van der Waals surface area contributed by atoms with Crippen LogP contribution in [0.3, 0.4) is 0 Å². The van der Waals surface area contributed by atoms with Gasteiger partial charge in [-0.2, -0.15) is 5.26 Å². The molecule has 1 aliphatic rings. The summed E-state index contributed by atoms with van der Waals surface area (Å²) in [5, 5.41) is 11.9. The summed E-state index contributed by atoms with van der Waals surface area (Å²) in [4.78, 5) is 0. The molecule has 1 aromatic carbocycles. The largest absolute Gasteiger partial charge is 0.493 e. The molecule has 0 radical (unpaired) electrons. The number of rotatable bonds is 2. The van der Waals surface area contributed by atoms with Crippen LogP contribution in [0, 0.1) is 11.3 Å². The van der Waals surface area contributed by atoms with Crippen LogP contribution >= 0.6 is 0 Å². The van der Waals surface area contributed by atoms with Crippen molar-refractivity contribution in [2.45, 2.75) is 19.4 Å². The maximum Gasteiger partial charge on any atom is 0.124 e. The van der Waals surface area contributed by atoms with E-state index in [0.717, 1.165) is 24.5 Å². The van der Waals surface area contributed by atoms with Gasteiger partial charge in [0.15, 0.2) is 0 Å². The Kier molecular flexibility index (Phi) is 2.28. The van der Waals surface area contributed by atoms with E-state index in [1.165, 1.54) is 5.56 Å². The minimum absolute atomic E-state index is 0.165. The number of nitrogens with one attached hydrogen (secondary N) is 1. The highest BCUT2D eigenvalue weighted by atomic mass is 16.5. The van der Waals surface area contributed by atoms with E-state index >= 15 is 0 Å². The van der Waals surface area contributed by atoms with Gasteiger partial charge in [-0.15, -0.1) is 0 Å². The SMILES string of the molecule is CC(C#N)Nc1cccc2c1CCO2. The molecule has 1 N–H and O–H groups in total. The van der Waals surface area contributed by atoms with Gasteiger partial charge < -0.3 is 10.1 Å². The Labute approximate surface area is 83.3 Å². The maximum atomic E-state index is 8.70. The molecule has 0 bridgehead atoms. The van der Waals surface area contributed by atoms with E-state index in [2.05, 4.69) is 11.4 Å². The highest BCUT2D eigenvalue weighted by molar-refractivity contribution is 5.59. The van der Waals surface area contributed by atoms with Crippen molar-refractivity contribution in [1.29, 1.82) is 5.26 Å². The lowest BCUT2D eigenvalue weighted by atomic mass is 10.1. The molecule has 0 amide bonds. The van der Waals surface area contributed by atoms with Gasteiger partial charge in [-0.25, -0.2) is 0 Å². The Bertz CT molecular complexity index is 381. The summed E-state index contributed by atoms with van der Waals surface area (Å²) in [6.07, 6.45) is 0.927. The standard InChI is InChI=1S/C11H12N2O/c1-8(7-12)13-10-3-2-4-11-9(10)5-6-14-11/h2-4,8,13H,5-6H2,1H3. The lowest BCUT2D eigenvalue weighted by Crippen LogP contribution is -2.13. The summed E-state index contributed by atoms with van der Waals surface area (Å²) in [6.45, 7) is 2.59. The van der Waals surface area contributed by atoms with Crippen molar-refractivity contribution in [3.8, 4) is 11.8 Å². The van der Waals surface area contributed by atoms with Crippen molar-refractivity contribution in [2.75, 3.05) is 11.9 Å². The monoisotopic (exact) mass is 188 g/mol. The molecule has 14 heavy (non-hydrogen) atoms. The van der Waals surface area contributed by atoms with Gasteiger partial charge in [0.25, 0.3) is 0 Å². The van der Waals surface area contributed by atoms with Gasteiger partial charge >= 0.3 is 0 Å². The summed E-state index contributed by atoms with van der Waals surface area (Å²) < 4.78 is 5.43. The van der Waals surface area contributed by atoms with Gasteiger partial charge in [0.05, 0.1) is 12.7 Å². The molecule has 0 fully saturated rings. The first-order chi connectivity index (χ1) is 6.81. The number of benzene rings is 1. The maximum absolute atomic E-state index is 8.70. The zero-order valence-corrected chi connectivity index (χ0v) is 8.08. The van der Waals surface area contributed by atoms with Crippen LogP contribution in [0.15, 0.2) is 18.2 Å². The summed E-state index contributed by atoms with van der Waals surface area (Å²) >= 11 is 0. The molecule has 0 saturated carbocycles. The molecule has 1 aromatic rings. The number of fused-ring (bicyclic) bond motifs is 1. The molecular formula is C11H12N2O. The molecule has 1 unspecified atom stereocenters. The minimum Gasteiger partial charge on any atom is -0.493 e. The molecule has 0 saturated heterocycles. The molecule has 0 aromatic heterocycles. The Morgan fingerprint density at radius 1 is 1.57 bits per heavy atom. The van der Waals surface area contributed by atoms with E-state index in [0.29, 0.717) is 0 Å². The van der Waals surface area contributed by atoms with E-state index in [1.807, 2.05) is 25.1 Å². The third kappa shape index (κ3) is 1.51. The van der Waals surface area contributed by atoms with Crippen LogP contribution < -0.4 is 10.1 Å². The second-order valence-electron chi connectivity index (χ2n) is 3.38. The number of ether oxygens (including phenoxy) is 1. The van der Waals surface area contributed by atoms with Gasteiger partial charge in [0.2, 0.25) is 0 Å². The highest BCUT2D eigenvalue weighted by Crippen LogP contribution is 2.31. The van der Waals surface area contributed by atoms with E-state index in [4.69, 9.17) is 10.00 Å². The molecule has 2 rings (SSSR count). The number of hydrogen-bond acceptors (Lipinski definition) is 3. The quantitative estimate of drug-likeness (QED) is 0.771. The highest BCUT2D eigenvalue weighted by Gasteiger charge is 2.16. The van der Waals surface area contributed by atoms with E-state index in [9.17, 15) is 0 Å². The van der Waals surface area contributed by atoms with Crippen LogP contribution in [0.4, 0.5) is 5.69 Å². The van der Waals surface area contributed by atoms with Crippen molar-refractivity contribution in [3.05, 3.63) is 23.8 Å². The van der Waals surface area contributed by atoms with Crippen LogP contribution in [0.2, 0.25) is 0 Å². The van der Waals surface area contributed by atoms with E-state index < -0.39 is 0 Å². The molecule has 1 heterocycles. The molecular weight excluding hydrogens is 176 g/mol. The summed E-state index contributed by atoms with van der Waals surface area (Å²) in [7, 11) is 0. The van der Waals surface area contributed by atoms with Crippen LogP contribution in [0.1, 0.15) is 12.5 Å². The summed E-state index contributed by atoms with van der Waals surface area (Å²) in [6, 6.07) is 7.88. The first-order valence-electron chi connectivity index (χ1n) is 4.72. The molecule has 72 valence electrons. The van der Waals surface area contributed by atoms with Crippen molar-refractivity contribution >= 4 is 5.69 Å². The fourth-order valence-corrected chi connectivity index (χ4v) is 1.62. The Balaban J connectivity index is 2.27. The van der Waals surface area contributed by atoms with E-state index in [-0.39, 0.29) is 6.04 Å². The molecule has 1 atom stereocenters. The predicted molar refractivity (Wildman–Crippen MR) is 54.3 cm³/mol. The molecule has 3 heteroatoms. The van der Waals surface area contributed by atoms with Gasteiger partial charge in [-0.3, -0.25) is 0 Å². The molecule has 0 aliphatic carbocycles.